The summed E-state index contributed by atoms with van der Waals surface area (Å²) in [5, 5.41) is 11.1. The van der Waals surface area contributed by atoms with E-state index in [1.165, 1.54) is 24.3 Å². The lowest BCUT2D eigenvalue weighted by Gasteiger charge is -2.15. The van der Waals surface area contributed by atoms with Crippen molar-refractivity contribution in [2.45, 2.75) is 17.4 Å². The molecule has 2 aromatic carbocycles. The summed E-state index contributed by atoms with van der Waals surface area (Å²) in [5.41, 5.74) is -3.24. The second-order valence-corrected chi connectivity index (χ2v) is 7.56. The summed E-state index contributed by atoms with van der Waals surface area (Å²) in [7, 11) is 0. The number of benzene rings is 2. The molecule has 0 aliphatic heterocycles. The van der Waals surface area contributed by atoms with Crippen LogP contribution >= 0.6 is 11.8 Å². The van der Waals surface area contributed by atoms with Gasteiger partial charge in [-0.25, -0.2) is 4.98 Å². The summed E-state index contributed by atoms with van der Waals surface area (Å²) in [6, 6.07) is 14.4. The number of nitriles is 1. The number of aromatic nitrogens is 1. The third-order valence-electron chi connectivity index (χ3n) is 4.32. The number of hydrogen-bond acceptors (Lipinski definition) is 4. The van der Waals surface area contributed by atoms with Gasteiger partial charge in [0.2, 0.25) is 5.91 Å². The minimum Gasteiger partial charge on any atom is -0.325 e. The number of anilines is 1. The van der Waals surface area contributed by atoms with Crippen LogP contribution in [0.25, 0.3) is 11.3 Å². The molecule has 11 heteroatoms. The third-order valence-corrected chi connectivity index (χ3v) is 5.29. The Hall–Kier alpha value is -3.52. The van der Waals surface area contributed by atoms with E-state index in [1.54, 1.807) is 18.2 Å². The number of para-hydroxylation sites is 1. The molecule has 0 fully saturated rings. The summed E-state index contributed by atoms with van der Waals surface area (Å²) < 4.78 is 80.0. The monoisotopic (exact) mass is 481 g/mol. The first kappa shape index (κ1) is 24.1. The van der Waals surface area contributed by atoms with Gasteiger partial charge in [-0.15, -0.1) is 0 Å². The van der Waals surface area contributed by atoms with Gasteiger partial charge in [0, 0.05) is 5.56 Å². The van der Waals surface area contributed by atoms with Gasteiger partial charge < -0.3 is 5.32 Å². The molecule has 0 spiro atoms. The summed E-state index contributed by atoms with van der Waals surface area (Å²) in [5.74, 6) is -1.47. The van der Waals surface area contributed by atoms with Crippen molar-refractivity contribution in [1.82, 2.24) is 4.98 Å². The van der Waals surface area contributed by atoms with Gasteiger partial charge in [-0.1, -0.05) is 54.2 Å². The number of pyridine rings is 1. The van der Waals surface area contributed by atoms with E-state index in [1.807, 2.05) is 0 Å². The summed E-state index contributed by atoms with van der Waals surface area (Å²) in [6.45, 7) is 0. The first-order valence-corrected chi connectivity index (χ1v) is 10.2. The van der Waals surface area contributed by atoms with Crippen molar-refractivity contribution in [2.24, 2.45) is 0 Å². The van der Waals surface area contributed by atoms with E-state index in [9.17, 15) is 36.4 Å². The van der Waals surface area contributed by atoms with Gasteiger partial charge in [0.25, 0.3) is 0 Å². The molecule has 0 saturated carbocycles. The number of halogens is 6. The Bertz CT molecular complexity index is 1200. The quantitative estimate of drug-likeness (QED) is 0.339. The van der Waals surface area contributed by atoms with Crippen LogP contribution in [0.1, 0.15) is 16.7 Å². The van der Waals surface area contributed by atoms with Gasteiger partial charge in [-0.3, -0.25) is 4.79 Å². The standard InChI is InChI=1S/C22H13F6N3OS/c23-21(24,25)15-8-4-5-9-17(15)30-19(32)12-33-20-14(11-29)16(22(26,27)28)10-18(31-20)13-6-2-1-3-7-13/h1-10H,12H2,(H,30,32). The highest BCUT2D eigenvalue weighted by Crippen LogP contribution is 2.38. The number of carbonyl (C=O) groups excluding carboxylic acids is 1. The van der Waals surface area contributed by atoms with Gasteiger partial charge in [-0.2, -0.15) is 31.6 Å². The second-order valence-electron chi connectivity index (χ2n) is 6.59. The normalized spacial score (nSPS) is 11.7. The minimum atomic E-state index is -4.86. The van der Waals surface area contributed by atoms with E-state index >= 15 is 0 Å². The Morgan fingerprint density at radius 3 is 2.15 bits per heavy atom. The number of nitrogens with zero attached hydrogens (tertiary/aromatic N) is 2. The van der Waals surface area contributed by atoms with Crippen LogP contribution < -0.4 is 5.32 Å². The fourth-order valence-electron chi connectivity index (χ4n) is 2.87. The van der Waals surface area contributed by atoms with E-state index in [0.29, 0.717) is 17.3 Å². The Kier molecular flexibility index (Phi) is 6.98. The van der Waals surface area contributed by atoms with Gasteiger partial charge >= 0.3 is 12.4 Å². The van der Waals surface area contributed by atoms with Crippen molar-refractivity contribution in [2.75, 3.05) is 11.1 Å². The Balaban J connectivity index is 1.91. The maximum absolute atomic E-state index is 13.6. The fraction of sp³-hybridized carbons (Fsp3) is 0.136. The number of rotatable bonds is 5. The molecule has 1 heterocycles. The van der Waals surface area contributed by atoms with E-state index in [-0.39, 0.29) is 10.7 Å². The zero-order valence-electron chi connectivity index (χ0n) is 16.5. The Labute approximate surface area is 188 Å². The zero-order chi connectivity index (χ0) is 24.2. The lowest BCUT2D eigenvalue weighted by molar-refractivity contribution is -0.138. The predicted octanol–water partition coefficient (Wildman–Crippen LogP) is 6.39. The number of carbonyl (C=O) groups is 1. The van der Waals surface area contributed by atoms with Crippen molar-refractivity contribution < 1.29 is 31.1 Å². The second kappa shape index (κ2) is 9.54. The van der Waals surface area contributed by atoms with Crippen molar-refractivity contribution in [3.63, 3.8) is 0 Å². The lowest BCUT2D eigenvalue weighted by atomic mass is 10.1. The zero-order valence-corrected chi connectivity index (χ0v) is 17.3. The maximum Gasteiger partial charge on any atom is 0.418 e. The van der Waals surface area contributed by atoms with E-state index in [0.717, 1.165) is 24.3 Å². The average Bonchev–Trinajstić information content (AvgIpc) is 2.76. The summed E-state index contributed by atoms with van der Waals surface area (Å²) >= 11 is 0.525. The summed E-state index contributed by atoms with van der Waals surface area (Å²) in [4.78, 5) is 16.4. The first-order valence-electron chi connectivity index (χ1n) is 9.17. The van der Waals surface area contributed by atoms with Crippen LogP contribution in [0.2, 0.25) is 0 Å². The molecular weight excluding hydrogens is 468 g/mol. The molecular formula is C22H13F6N3OS. The Morgan fingerprint density at radius 2 is 1.55 bits per heavy atom. The maximum atomic E-state index is 13.6. The van der Waals surface area contributed by atoms with Crippen LogP contribution in [-0.2, 0) is 17.1 Å². The molecule has 1 aromatic heterocycles. The van der Waals surface area contributed by atoms with E-state index < -0.39 is 46.4 Å². The fourth-order valence-corrected chi connectivity index (χ4v) is 3.68. The van der Waals surface area contributed by atoms with Crippen molar-refractivity contribution in [3.8, 4) is 17.3 Å². The molecule has 0 saturated heterocycles. The van der Waals surface area contributed by atoms with Crippen molar-refractivity contribution in [1.29, 1.82) is 5.26 Å². The highest BCUT2D eigenvalue weighted by molar-refractivity contribution is 8.00. The molecule has 1 amide bonds. The van der Waals surface area contributed by atoms with Crippen molar-refractivity contribution >= 4 is 23.4 Å². The molecule has 0 radical (unpaired) electrons. The van der Waals surface area contributed by atoms with Gasteiger partial charge in [-0.05, 0) is 18.2 Å². The predicted molar refractivity (Wildman–Crippen MR) is 110 cm³/mol. The van der Waals surface area contributed by atoms with Crippen LogP contribution in [0.15, 0.2) is 65.7 Å². The molecule has 33 heavy (non-hydrogen) atoms. The van der Waals surface area contributed by atoms with E-state index in [4.69, 9.17) is 0 Å². The number of alkyl halides is 6. The molecule has 0 unspecified atom stereocenters. The number of nitrogens with one attached hydrogen (secondary N) is 1. The molecule has 4 nitrogen and oxygen atoms in total. The summed E-state index contributed by atoms with van der Waals surface area (Å²) in [6.07, 6.45) is -9.57. The molecule has 0 aliphatic carbocycles. The van der Waals surface area contributed by atoms with Gasteiger partial charge in [0.15, 0.2) is 0 Å². The van der Waals surface area contributed by atoms with Crippen LogP contribution in [0.4, 0.5) is 32.0 Å². The van der Waals surface area contributed by atoms with E-state index in [2.05, 4.69) is 10.3 Å². The molecule has 0 aliphatic rings. The number of amides is 1. The van der Waals surface area contributed by atoms with Gasteiger partial charge in [0.1, 0.15) is 11.1 Å². The SMILES string of the molecule is N#Cc1c(C(F)(F)F)cc(-c2ccccc2)nc1SCC(=O)Nc1ccccc1C(F)(F)F. The van der Waals surface area contributed by atoms with Crippen LogP contribution in [0, 0.1) is 11.3 Å². The number of hydrogen-bond donors (Lipinski definition) is 1. The largest absolute Gasteiger partial charge is 0.418 e. The van der Waals surface area contributed by atoms with Crippen LogP contribution in [0.3, 0.4) is 0 Å². The average molecular weight is 481 g/mol. The molecule has 0 atom stereocenters. The molecule has 1 N–H and O–H groups in total. The lowest BCUT2D eigenvalue weighted by Crippen LogP contribution is -2.18. The first-order chi connectivity index (χ1) is 15.5. The van der Waals surface area contributed by atoms with Crippen LogP contribution in [0.5, 0.6) is 0 Å². The topological polar surface area (TPSA) is 65.8 Å². The minimum absolute atomic E-state index is 0.0627. The smallest absolute Gasteiger partial charge is 0.325 e. The third kappa shape index (κ3) is 5.84. The van der Waals surface area contributed by atoms with Crippen LogP contribution in [-0.4, -0.2) is 16.6 Å². The molecule has 0 bridgehead atoms. The molecule has 3 aromatic rings. The molecule has 3 rings (SSSR count). The number of thioether (sulfide) groups is 1. The highest BCUT2D eigenvalue weighted by atomic mass is 32.2. The van der Waals surface area contributed by atoms with Crippen molar-refractivity contribution in [3.05, 3.63) is 77.4 Å². The Morgan fingerprint density at radius 1 is 0.939 bits per heavy atom. The molecule has 170 valence electrons. The van der Waals surface area contributed by atoms with Gasteiger partial charge in [0.05, 0.1) is 33.8 Å². The highest BCUT2D eigenvalue weighted by Gasteiger charge is 2.36.